The highest BCUT2D eigenvalue weighted by Crippen LogP contribution is 2.25. The lowest BCUT2D eigenvalue weighted by atomic mass is 9.97. The van der Waals surface area contributed by atoms with Gasteiger partial charge < -0.3 is 9.84 Å². The molecule has 11 heteroatoms. The van der Waals surface area contributed by atoms with Crippen LogP contribution in [-0.4, -0.2) is 56.5 Å². The minimum absolute atomic E-state index is 0.334. The Morgan fingerprint density at radius 2 is 1.44 bits per heavy atom. The van der Waals surface area contributed by atoms with Crippen molar-refractivity contribution in [2.24, 2.45) is 5.92 Å². The fourth-order valence-electron chi connectivity index (χ4n) is 4.01. The van der Waals surface area contributed by atoms with E-state index in [9.17, 15) is 21.6 Å². The van der Waals surface area contributed by atoms with Crippen molar-refractivity contribution in [1.29, 1.82) is 0 Å². The van der Waals surface area contributed by atoms with Crippen LogP contribution >= 0.6 is 11.6 Å². The molecule has 0 atom stereocenters. The molecule has 1 saturated heterocycles. The summed E-state index contributed by atoms with van der Waals surface area (Å²) in [5.74, 6) is -1.32. The zero-order valence-electron chi connectivity index (χ0n) is 21.2. The maximum atomic E-state index is 11.6. The van der Waals surface area contributed by atoms with Crippen molar-refractivity contribution in [3.63, 3.8) is 0 Å². The highest BCUT2D eigenvalue weighted by Gasteiger charge is 2.38. The molecule has 0 bridgehead atoms. The first-order chi connectivity index (χ1) is 18.3. The third-order valence-electron chi connectivity index (χ3n) is 6.22. The van der Waals surface area contributed by atoms with Crippen molar-refractivity contribution in [2.75, 3.05) is 26.0 Å². The molecule has 1 fully saturated rings. The van der Waals surface area contributed by atoms with Crippen LogP contribution in [0.3, 0.4) is 0 Å². The number of sulfone groups is 1. The van der Waals surface area contributed by atoms with E-state index in [-0.39, 0.29) is 0 Å². The SMILES string of the molecule is CS(=O)(=O)c1ccc(-c2ccc(OCC3CCN(Cc4ccc(Cl)cc4)CC3)cc2)cc1.O=C(O)C(F)(F)F. The Morgan fingerprint density at radius 3 is 1.90 bits per heavy atom. The number of carboxylic acid groups (broad SMARTS) is 1. The molecule has 1 N–H and O–H groups in total. The molecule has 0 aliphatic carbocycles. The smallest absolute Gasteiger partial charge is 0.490 e. The van der Waals surface area contributed by atoms with Crippen molar-refractivity contribution in [3.8, 4) is 16.9 Å². The number of piperidine rings is 1. The number of hydrogen-bond acceptors (Lipinski definition) is 5. The Morgan fingerprint density at radius 1 is 0.949 bits per heavy atom. The number of alkyl halides is 3. The molecule has 210 valence electrons. The van der Waals surface area contributed by atoms with Gasteiger partial charge in [-0.25, -0.2) is 13.2 Å². The van der Waals surface area contributed by atoms with Crippen LogP contribution in [0.1, 0.15) is 18.4 Å². The maximum Gasteiger partial charge on any atom is 0.490 e. The van der Waals surface area contributed by atoms with E-state index in [1.165, 1.54) is 11.8 Å². The van der Waals surface area contributed by atoms with Gasteiger partial charge in [0.05, 0.1) is 11.5 Å². The summed E-state index contributed by atoms with van der Waals surface area (Å²) in [6.07, 6.45) is -1.59. The molecule has 0 spiro atoms. The lowest BCUT2D eigenvalue weighted by molar-refractivity contribution is -0.192. The third kappa shape index (κ3) is 9.87. The first-order valence-electron chi connectivity index (χ1n) is 12.1. The van der Waals surface area contributed by atoms with Crippen molar-refractivity contribution in [2.45, 2.75) is 30.5 Å². The number of carboxylic acids is 1. The van der Waals surface area contributed by atoms with E-state index in [0.717, 1.165) is 61.0 Å². The zero-order valence-corrected chi connectivity index (χ0v) is 22.8. The Kier molecular flexibility index (Phi) is 10.4. The van der Waals surface area contributed by atoms with Crippen LogP contribution in [0.25, 0.3) is 11.1 Å². The number of aliphatic carboxylic acids is 1. The minimum atomic E-state index is -5.08. The molecule has 3 aromatic carbocycles. The largest absolute Gasteiger partial charge is 0.493 e. The van der Waals surface area contributed by atoms with Gasteiger partial charge in [-0.15, -0.1) is 0 Å². The van der Waals surface area contributed by atoms with Crippen LogP contribution < -0.4 is 4.74 Å². The molecule has 0 radical (unpaired) electrons. The molecule has 3 aromatic rings. The van der Waals surface area contributed by atoms with Gasteiger partial charge in [0.1, 0.15) is 5.75 Å². The lowest BCUT2D eigenvalue weighted by Crippen LogP contribution is -2.35. The predicted molar refractivity (Wildman–Crippen MR) is 144 cm³/mol. The second-order valence-electron chi connectivity index (χ2n) is 9.28. The van der Waals surface area contributed by atoms with Gasteiger partial charge in [-0.05, 0) is 84.9 Å². The normalized spacial score (nSPS) is 14.8. The van der Waals surface area contributed by atoms with E-state index in [2.05, 4.69) is 17.0 Å². The molecule has 0 amide bonds. The third-order valence-corrected chi connectivity index (χ3v) is 7.61. The molecule has 1 heterocycles. The molecule has 0 unspecified atom stereocenters. The number of hydrogen-bond donors (Lipinski definition) is 1. The van der Waals surface area contributed by atoms with E-state index < -0.39 is 22.0 Å². The molecule has 0 aromatic heterocycles. The van der Waals surface area contributed by atoms with E-state index in [0.29, 0.717) is 10.8 Å². The molecule has 4 rings (SSSR count). The average molecular weight is 584 g/mol. The number of nitrogens with zero attached hydrogens (tertiary/aromatic N) is 1. The van der Waals surface area contributed by atoms with Gasteiger partial charge in [0.15, 0.2) is 9.84 Å². The topological polar surface area (TPSA) is 83.9 Å². The number of carbonyl (C=O) groups is 1. The predicted octanol–water partition coefficient (Wildman–Crippen LogP) is 6.33. The number of likely N-dealkylation sites (tertiary alicyclic amines) is 1. The Hall–Kier alpha value is -3.08. The summed E-state index contributed by atoms with van der Waals surface area (Å²) < 4.78 is 61.0. The summed E-state index contributed by atoms with van der Waals surface area (Å²) in [5, 5.41) is 7.91. The minimum Gasteiger partial charge on any atom is -0.493 e. The van der Waals surface area contributed by atoms with Crippen molar-refractivity contribution in [3.05, 3.63) is 83.4 Å². The Balaban J connectivity index is 0.000000532. The van der Waals surface area contributed by atoms with Gasteiger partial charge in [-0.3, -0.25) is 4.90 Å². The molecular weight excluding hydrogens is 555 g/mol. The van der Waals surface area contributed by atoms with Crippen LogP contribution in [0.5, 0.6) is 5.75 Å². The van der Waals surface area contributed by atoms with E-state index in [1.54, 1.807) is 12.1 Å². The Labute approximate surface area is 230 Å². The number of rotatable bonds is 7. The van der Waals surface area contributed by atoms with Crippen LogP contribution in [0.2, 0.25) is 5.02 Å². The van der Waals surface area contributed by atoms with Gasteiger partial charge in [-0.2, -0.15) is 13.2 Å². The lowest BCUT2D eigenvalue weighted by Gasteiger charge is -2.31. The molecule has 39 heavy (non-hydrogen) atoms. The average Bonchev–Trinajstić information content (AvgIpc) is 2.89. The second kappa shape index (κ2) is 13.3. The molecule has 1 aliphatic heterocycles. The first-order valence-corrected chi connectivity index (χ1v) is 14.4. The number of ether oxygens (including phenoxy) is 1. The van der Waals surface area contributed by atoms with Gasteiger partial charge in [-0.1, -0.05) is 48.0 Å². The summed E-state index contributed by atoms with van der Waals surface area (Å²) in [5.41, 5.74) is 3.32. The van der Waals surface area contributed by atoms with Gasteiger partial charge in [0, 0.05) is 17.8 Å². The van der Waals surface area contributed by atoms with Gasteiger partial charge in [0.25, 0.3) is 0 Å². The summed E-state index contributed by atoms with van der Waals surface area (Å²) in [7, 11) is -3.18. The van der Waals surface area contributed by atoms with E-state index in [1.807, 2.05) is 48.5 Å². The van der Waals surface area contributed by atoms with Crippen molar-refractivity contribution < 1.29 is 36.2 Å². The number of benzene rings is 3. The summed E-state index contributed by atoms with van der Waals surface area (Å²) in [4.78, 5) is 11.7. The highest BCUT2D eigenvalue weighted by molar-refractivity contribution is 7.90. The maximum absolute atomic E-state index is 11.6. The zero-order chi connectivity index (χ0) is 28.6. The van der Waals surface area contributed by atoms with Crippen LogP contribution in [-0.2, 0) is 21.2 Å². The second-order valence-corrected chi connectivity index (χ2v) is 11.7. The Bertz CT molecular complexity index is 1320. The van der Waals surface area contributed by atoms with Crippen molar-refractivity contribution in [1.82, 2.24) is 4.90 Å². The van der Waals surface area contributed by atoms with E-state index >= 15 is 0 Å². The molecular formula is C28H29ClF3NO5S. The first kappa shape index (κ1) is 30.5. The van der Waals surface area contributed by atoms with Gasteiger partial charge >= 0.3 is 12.1 Å². The molecule has 1 aliphatic rings. The fraction of sp³-hybridized carbons (Fsp3) is 0.321. The van der Waals surface area contributed by atoms with Crippen LogP contribution in [0.15, 0.2) is 77.7 Å². The quantitative estimate of drug-likeness (QED) is 0.350. The highest BCUT2D eigenvalue weighted by atomic mass is 35.5. The number of halogens is 4. The summed E-state index contributed by atoms with van der Waals surface area (Å²) in [6.45, 7) is 3.87. The molecule has 0 saturated carbocycles. The summed E-state index contributed by atoms with van der Waals surface area (Å²) in [6, 6.07) is 23.1. The molecule has 6 nitrogen and oxygen atoms in total. The fourth-order valence-corrected chi connectivity index (χ4v) is 4.77. The summed E-state index contributed by atoms with van der Waals surface area (Å²) >= 11 is 5.97. The van der Waals surface area contributed by atoms with Crippen molar-refractivity contribution >= 4 is 27.4 Å². The standard InChI is InChI=1S/C26H28ClNO3S.C2HF3O2/c1-32(29,30)26-12-6-23(7-13-26)22-4-10-25(11-5-22)31-19-21-14-16-28(17-15-21)18-20-2-8-24(27)9-3-20;3-2(4,5)1(6)7/h2-13,21H,14-19H2,1H3;(H,6,7). The van der Waals surface area contributed by atoms with Crippen LogP contribution in [0.4, 0.5) is 13.2 Å². The van der Waals surface area contributed by atoms with Crippen LogP contribution in [0, 0.1) is 5.92 Å². The monoisotopic (exact) mass is 583 g/mol. The van der Waals surface area contributed by atoms with E-state index in [4.69, 9.17) is 26.2 Å². The van der Waals surface area contributed by atoms with Gasteiger partial charge in [0.2, 0.25) is 0 Å².